The zero-order chi connectivity index (χ0) is 14.8. The van der Waals surface area contributed by atoms with Crippen molar-refractivity contribution in [3.8, 4) is 5.75 Å². The minimum atomic E-state index is -4.09. The van der Waals surface area contributed by atoms with E-state index in [2.05, 4.69) is 4.72 Å². The molecule has 2 rings (SSSR count). The second-order valence-corrected chi connectivity index (χ2v) is 5.97. The molecule has 0 saturated heterocycles. The SMILES string of the molecule is COc1ccccc1NS(=O)(=O)c1cc(Cl)ccc1F. The third kappa shape index (κ3) is 3.02. The number of sulfonamides is 1. The summed E-state index contributed by atoms with van der Waals surface area (Å²) in [6.45, 7) is 0. The Labute approximate surface area is 121 Å². The second kappa shape index (κ2) is 5.68. The van der Waals surface area contributed by atoms with Crippen LogP contribution < -0.4 is 9.46 Å². The lowest BCUT2D eigenvalue weighted by atomic mass is 10.3. The van der Waals surface area contributed by atoms with Gasteiger partial charge in [-0.2, -0.15) is 0 Å². The maximum atomic E-state index is 13.6. The molecule has 20 heavy (non-hydrogen) atoms. The first-order valence-electron chi connectivity index (χ1n) is 5.55. The van der Waals surface area contributed by atoms with Crippen LogP contribution in [0.2, 0.25) is 5.02 Å². The van der Waals surface area contributed by atoms with Gasteiger partial charge in [-0.05, 0) is 30.3 Å². The van der Waals surface area contributed by atoms with E-state index in [-0.39, 0.29) is 10.7 Å². The molecule has 4 nitrogen and oxygen atoms in total. The Morgan fingerprint density at radius 3 is 2.60 bits per heavy atom. The van der Waals surface area contributed by atoms with Crippen LogP contribution in [0.5, 0.6) is 5.75 Å². The van der Waals surface area contributed by atoms with Gasteiger partial charge < -0.3 is 4.74 Å². The van der Waals surface area contributed by atoms with Crippen LogP contribution in [-0.4, -0.2) is 15.5 Å². The van der Waals surface area contributed by atoms with Crippen molar-refractivity contribution >= 4 is 27.3 Å². The molecule has 0 unspecified atom stereocenters. The van der Waals surface area contributed by atoms with Crippen LogP contribution in [0.15, 0.2) is 47.4 Å². The molecule has 106 valence electrons. The lowest BCUT2D eigenvalue weighted by molar-refractivity contribution is 0.417. The molecule has 0 radical (unpaired) electrons. The quantitative estimate of drug-likeness (QED) is 0.942. The number of anilines is 1. The first kappa shape index (κ1) is 14.6. The molecule has 0 aliphatic carbocycles. The zero-order valence-electron chi connectivity index (χ0n) is 10.4. The average molecular weight is 316 g/mol. The summed E-state index contributed by atoms with van der Waals surface area (Å²) < 4.78 is 45.3. The van der Waals surface area contributed by atoms with Gasteiger partial charge in [0.1, 0.15) is 16.5 Å². The topological polar surface area (TPSA) is 55.4 Å². The fourth-order valence-electron chi connectivity index (χ4n) is 1.61. The van der Waals surface area contributed by atoms with Crippen molar-refractivity contribution in [3.05, 3.63) is 53.3 Å². The highest BCUT2D eigenvalue weighted by Crippen LogP contribution is 2.27. The summed E-state index contributed by atoms with van der Waals surface area (Å²) in [5.74, 6) is -0.546. The Morgan fingerprint density at radius 1 is 1.20 bits per heavy atom. The molecule has 0 aromatic heterocycles. The van der Waals surface area contributed by atoms with Crippen molar-refractivity contribution in [2.24, 2.45) is 0 Å². The van der Waals surface area contributed by atoms with Crippen molar-refractivity contribution in [2.45, 2.75) is 4.90 Å². The van der Waals surface area contributed by atoms with Gasteiger partial charge in [-0.3, -0.25) is 4.72 Å². The molecule has 0 heterocycles. The van der Waals surface area contributed by atoms with E-state index < -0.39 is 20.7 Å². The molecule has 7 heteroatoms. The largest absolute Gasteiger partial charge is 0.495 e. The molecule has 2 aromatic carbocycles. The smallest absolute Gasteiger partial charge is 0.264 e. The first-order valence-corrected chi connectivity index (χ1v) is 7.41. The molecule has 0 saturated carbocycles. The van der Waals surface area contributed by atoms with E-state index in [1.165, 1.54) is 19.2 Å². The third-order valence-corrected chi connectivity index (χ3v) is 4.15. The predicted molar refractivity (Wildman–Crippen MR) is 75.2 cm³/mol. The van der Waals surface area contributed by atoms with Crippen LogP contribution in [0.1, 0.15) is 0 Å². The van der Waals surface area contributed by atoms with Gasteiger partial charge in [0.05, 0.1) is 12.8 Å². The van der Waals surface area contributed by atoms with Crippen LogP contribution in [0, 0.1) is 5.82 Å². The number of ether oxygens (including phenoxy) is 1. The molecule has 0 amide bonds. The van der Waals surface area contributed by atoms with E-state index in [0.29, 0.717) is 5.75 Å². The molecule has 0 aliphatic rings. The Morgan fingerprint density at radius 2 is 1.90 bits per heavy atom. The molecular weight excluding hydrogens is 305 g/mol. The van der Waals surface area contributed by atoms with Crippen molar-refractivity contribution in [2.75, 3.05) is 11.8 Å². The van der Waals surface area contributed by atoms with E-state index in [9.17, 15) is 12.8 Å². The van der Waals surface area contributed by atoms with E-state index in [1.807, 2.05) is 0 Å². The summed E-state index contributed by atoms with van der Waals surface area (Å²) in [5.41, 5.74) is 0.217. The number of benzene rings is 2. The number of halogens is 2. The molecule has 0 bridgehead atoms. The van der Waals surface area contributed by atoms with E-state index in [0.717, 1.165) is 12.1 Å². The van der Waals surface area contributed by atoms with Crippen molar-refractivity contribution < 1.29 is 17.5 Å². The number of methoxy groups -OCH3 is 1. The highest BCUT2D eigenvalue weighted by molar-refractivity contribution is 7.92. The van der Waals surface area contributed by atoms with Crippen LogP contribution in [-0.2, 0) is 10.0 Å². The lowest BCUT2D eigenvalue weighted by Gasteiger charge is -2.12. The summed E-state index contributed by atoms with van der Waals surface area (Å²) in [6, 6.07) is 9.75. The van der Waals surface area contributed by atoms with Crippen LogP contribution >= 0.6 is 11.6 Å². The Kier molecular flexibility index (Phi) is 4.15. The van der Waals surface area contributed by atoms with E-state index >= 15 is 0 Å². The summed E-state index contributed by atoms with van der Waals surface area (Å²) in [5, 5.41) is 0.131. The van der Waals surface area contributed by atoms with Gasteiger partial charge in [0.15, 0.2) is 0 Å². The highest BCUT2D eigenvalue weighted by Gasteiger charge is 2.21. The summed E-state index contributed by atoms with van der Waals surface area (Å²) in [4.78, 5) is -0.518. The predicted octanol–water partition coefficient (Wildman–Crippen LogP) is 3.29. The molecule has 0 atom stereocenters. The van der Waals surface area contributed by atoms with Gasteiger partial charge in [-0.1, -0.05) is 23.7 Å². The maximum Gasteiger partial charge on any atom is 0.264 e. The van der Waals surface area contributed by atoms with Gasteiger partial charge in [-0.25, -0.2) is 12.8 Å². The fourth-order valence-corrected chi connectivity index (χ4v) is 3.02. The van der Waals surface area contributed by atoms with Gasteiger partial charge >= 0.3 is 0 Å². The highest BCUT2D eigenvalue weighted by atomic mass is 35.5. The number of nitrogens with one attached hydrogen (secondary N) is 1. The van der Waals surface area contributed by atoms with Gasteiger partial charge in [0.25, 0.3) is 10.0 Å². The van der Waals surface area contributed by atoms with Crippen LogP contribution in [0.3, 0.4) is 0 Å². The molecular formula is C13H11ClFNO3S. The van der Waals surface area contributed by atoms with E-state index in [4.69, 9.17) is 16.3 Å². The Hall–Kier alpha value is -1.79. The summed E-state index contributed by atoms with van der Waals surface area (Å²) in [7, 11) is -2.68. The molecule has 0 fully saturated rings. The number of rotatable bonds is 4. The van der Waals surface area contributed by atoms with Gasteiger partial charge in [0.2, 0.25) is 0 Å². The molecule has 0 aliphatic heterocycles. The third-order valence-electron chi connectivity index (χ3n) is 2.53. The number of hydrogen-bond donors (Lipinski definition) is 1. The number of para-hydroxylation sites is 2. The number of hydrogen-bond acceptors (Lipinski definition) is 3. The molecule has 0 spiro atoms. The average Bonchev–Trinajstić information content (AvgIpc) is 2.41. The van der Waals surface area contributed by atoms with Gasteiger partial charge in [0, 0.05) is 5.02 Å². The maximum absolute atomic E-state index is 13.6. The second-order valence-electron chi connectivity index (χ2n) is 3.88. The Bertz CT molecular complexity index is 734. The molecule has 1 N–H and O–H groups in total. The Balaban J connectivity index is 2.43. The van der Waals surface area contributed by atoms with Crippen molar-refractivity contribution in [1.29, 1.82) is 0 Å². The van der Waals surface area contributed by atoms with E-state index in [1.54, 1.807) is 18.2 Å². The van der Waals surface area contributed by atoms with Gasteiger partial charge in [-0.15, -0.1) is 0 Å². The lowest BCUT2D eigenvalue weighted by Crippen LogP contribution is -2.15. The fraction of sp³-hybridized carbons (Fsp3) is 0.0769. The summed E-state index contributed by atoms with van der Waals surface area (Å²) >= 11 is 5.70. The van der Waals surface area contributed by atoms with Crippen LogP contribution in [0.4, 0.5) is 10.1 Å². The monoisotopic (exact) mass is 315 g/mol. The first-order chi connectivity index (χ1) is 9.44. The minimum Gasteiger partial charge on any atom is -0.495 e. The summed E-state index contributed by atoms with van der Waals surface area (Å²) in [6.07, 6.45) is 0. The zero-order valence-corrected chi connectivity index (χ0v) is 12.0. The standard InChI is InChI=1S/C13H11ClFNO3S/c1-19-12-5-3-2-4-11(12)16-20(17,18)13-8-9(14)6-7-10(13)15/h2-8,16H,1H3. The van der Waals surface area contributed by atoms with Crippen molar-refractivity contribution in [1.82, 2.24) is 0 Å². The van der Waals surface area contributed by atoms with Crippen LogP contribution in [0.25, 0.3) is 0 Å². The normalized spacial score (nSPS) is 11.2. The molecule has 2 aromatic rings. The minimum absolute atomic E-state index is 0.131. The van der Waals surface area contributed by atoms with Crippen molar-refractivity contribution in [3.63, 3.8) is 0 Å².